The maximum atomic E-state index is 12.8. The van der Waals surface area contributed by atoms with Crippen molar-refractivity contribution in [1.29, 1.82) is 0 Å². The van der Waals surface area contributed by atoms with Crippen LogP contribution in [0.5, 0.6) is 0 Å². The van der Waals surface area contributed by atoms with Crippen LogP contribution in [0.1, 0.15) is 36.2 Å². The molecule has 1 aromatic carbocycles. The highest BCUT2D eigenvalue weighted by molar-refractivity contribution is 6.07. The van der Waals surface area contributed by atoms with Crippen molar-refractivity contribution >= 4 is 16.8 Å². The summed E-state index contributed by atoms with van der Waals surface area (Å²) in [6.07, 6.45) is 2.69. The molecule has 4 nitrogen and oxygen atoms in total. The minimum absolute atomic E-state index is 0.0594. The number of hydrogen-bond acceptors (Lipinski definition) is 3. The number of aromatic nitrogens is 2. The van der Waals surface area contributed by atoms with Gasteiger partial charge in [-0.05, 0) is 49.6 Å². The molecule has 0 aliphatic rings. The molecular weight excluding hydrogens is 310 g/mol. The van der Waals surface area contributed by atoms with Crippen LogP contribution in [-0.2, 0) is 0 Å². The molecule has 0 radical (unpaired) electrons. The summed E-state index contributed by atoms with van der Waals surface area (Å²) in [5.74, 6) is 0.497. The first-order valence-corrected chi connectivity index (χ1v) is 8.65. The first kappa shape index (κ1) is 17.1. The third kappa shape index (κ3) is 4.02. The third-order valence-electron chi connectivity index (χ3n) is 4.14. The molecule has 2 heterocycles. The zero-order chi connectivity index (χ0) is 17.8. The number of nitrogens with one attached hydrogen (secondary N) is 1. The Morgan fingerprint density at radius 1 is 1.12 bits per heavy atom. The van der Waals surface area contributed by atoms with Gasteiger partial charge in [0, 0.05) is 18.1 Å². The normalized spacial score (nSPS) is 11.0. The van der Waals surface area contributed by atoms with Gasteiger partial charge in [0.25, 0.3) is 5.91 Å². The van der Waals surface area contributed by atoms with Crippen LogP contribution < -0.4 is 5.32 Å². The Hall–Kier alpha value is -2.75. The molecule has 0 saturated heterocycles. The molecule has 0 atom stereocenters. The fraction of sp³-hybridized carbons (Fsp3) is 0.286. The third-order valence-corrected chi connectivity index (χ3v) is 4.14. The fourth-order valence-electron chi connectivity index (χ4n) is 2.74. The molecule has 4 heteroatoms. The van der Waals surface area contributed by atoms with E-state index in [1.807, 2.05) is 49.4 Å². The Morgan fingerprint density at radius 2 is 1.96 bits per heavy atom. The van der Waals surface area contributed by atoms with Crippen LogP contribution in [0.3, 0.4) is 0 Å². The molecule has 25 heavy (non-hydrogen) atoms. The van der Waals surface area contributed by atoms with Gasteiger partial charge in [0.2, 0.25) is 0 Å². The topological polar surface area (TPSA) is 54.9 Å². The summed E-state index contributed by atoms with van der Waals surface area (Å²) >= 11 is 0. The van der Waals surface area contributed by atoms with Gasteiger partial charge in [0.15, 0.2) is 0 Å². The lowest BCUT2D eigenvalue weighted by atomic mass is 10.0. The molecule has 0 bridgehead atoms. The first-order chi connectivity index (χ1) is 12.0. The highest BCUT2D eigenvalue weighted by Gasteiger charge is 2.14. The summed E-state index contributed by atoms with van der Waals surface area (Å²) in [6, 6.07) is 13.5. The minimum atomic E-state index is -0.0594. The zero-order valence-corrected chi connectivity index (χ0v) is 14.9. The predicted octanol–water partition coefficient (Wildman–Crippen LogP) is 4.38. The lowest BCUT2D eigenvalue weighted by Gasteiger charge is -2.11. The van der Waals surface area contributed by atoms with Gasteiger partial charge >= 0.3 is 0 Å². The maximum Gasteiger partial charge on any atom is 0.252 e. The van der Waals surface area contributed by atoms with E-state index in [-0.39, 0.29) is 5.91 Å². The molecule has 3 aromatic rings. The van der Waals surface area contributed by atoms with E-state index >= 15 is 0 Å². The number of rotatable bonds is 5. The molecule has 0 spiro atoms. The van der Waals surface area contributed by atoms with E-state index in [2.05, 4.69) is 24.1 Å². The number of benzene rings is 1. The quantitative estimate of drug-likeness (QED) is 0.754. The SMILES string of the molecule is Cc1ccc2nc(-c3ccccn3)cc(C(=O)NCCC(C)C)c2c1. The summed E-state index contributed by atoms with van der Waals surface area (Å²) in [7, 11) is 0. The highest BCUT2D eigenvalue weighted by atomic mass is 16.1. The average Bonchev–Trinajstić information content (AvgIpc) is 2.61. The second-order valence-electron chi connectivity index (χ2n) is 6.73. The van der Waals surface area contributed by atoms with Crippen molar-refractivity contribution in [2.24, 2.45) is 5.92 Å². The van der Waals surface area contributed by atoms with E-state index in [0.29, 0.717) is 23.7 Å². The molecule has 128 valence electrons. The van der Waals surface area contributed by atoms with Crippen LogP contribution in [0.2, 0.25) is 0 Å². The van der Waals surface area contributed by atoms with Crippen LogP contribution in [0.15, 0.2) is 48.7 Å². The molecule has 1 amide bonds. The van der Waals surface area contributed by atoms with Crippen LogP contribution >= 0.6 is 0 Å². The summed E-state index contributed by atoms with van der Waals surface area (Å²) in [5.41, 5.74) is 4.05. The molecule has 3 rings (SSSR count). The van der Waals surface area contributed by atoms with Crippen molar-refractivity contribution in [3.63, 3.8) is 0 Å². The monoisotopic (exact) mass is 333 g/mol. The number of amides is 1. The Kier molecular flexibility index (Phi) is 5.08. The maximum absolute atomic E-state index is 12.8. The Morgan fingerprint density at radius 3 is 2.68 bits per heavy atom. The minimum Gasteiger partial charge on any atom is -0.352 e. The number of carbonyl (C=O) groups excluding carboxylic acids is 1. The average molecular weight is 333 g/mol. The van der Waals surface area contributed by atoms with Gasteiger partial charge < -0.3 is 5.32 Å². The van der Waals surface area contributed by atoms with Gasteiger partial charge in [-0.15, -0.1) is 0 Å². The van der Waals surface area contributed by atoms with Crippen LogP contribution in [0, 0.1) is 12.8 Å². The second kappa shape index (κ2) is 7.43. The molecule has 1 N–H and O–H groups in total. The van der Waals surface area contributed by atoms with E-state index in [0.717, 1.165) is 28.6 Å². The van der Waals surface area contributed by atoms with Gasteiger partial charge in [-0.3, -0.25) is 9.78 Å². The zero-order valence-electron chi connectivity index (χ0n) is 14.9. The van der Waals surface area contributed by atoms with Crippen LogP contribution in [0.4, 0.5) is 0 Å². The molecule has 2 aromatic heterocycles. The van der Waals surface area contributed by atoms with E-state index in [1.165, 1.54) is 0 Å². The standard InChI is InChI=1S/C21H23N3O/c1-14(2)9-11-23-21(25)17-13-20(19-6-4-5-10-22-19)24-18-8-7-15(3)12-16(17)18/h4-8,10,12-14H,9,11H2,1-3H3,(H,23,25). The van der Waals surface area contributed by atoms with Crippen LogP contribution in [-0.4, -0.2) is 22.4 Å². The van der Waals surface area contributed by atoms with Crippen molar-refractivity contribution < 1.29 is 4.79 Å². The lowest BCUT2D eigenvalue weighted by molar-refractivity contribution is 0.0953. The van der Waals surface area contributed by atoms with E-state index in [1.54, 1.807) is 6.20 Å². The van der Waals surface area contributed by atoms with Crippen molar-refractivity contribution in [3.05, 3.63) is 59.8 Å². The molecule has 0 unspecified atom stereocenters. The van der Waals surface area contributed by atoms with E-state index in [4.69, 9.17) is 4.98 Å². The Labute approximate surface area is 148 Å². The van der Waals surface area contributed by atoms with Crippen LogP contribution in [0.25, 0.3) is 22.3 Å². The van der Waals surface area contributed by atoms with E-state index in [9.17, 15) is 4.79 Å². The Balaban J connectivity index is 2.04. The van der Waals surface area contributed by atoms with E-state index < -0.39 is 0 Å². The molecule has 0 aliphatic carbocycles. The fourth-order valence-corrected chi connectivity index (χ4v) is 2.74. The van der Waals surface area contributed by atoms with Gasteiger partial charge in [-0.1, -0.05) is 31.5 Å². The lowest BCUT2D eigenvalue weighted by Crippen LogP contribution is -2.25. The smallest absolute Gasteiger partial charge is 0.252 e. The summed E-state index contributed by atoms with van der Waals surface area (Å²) in [6.45, 7) is 6.99. The predicted molar refractivity (Wildman–Crippen MR) is 101 cm³/mol. The van der Waals surface area contributed by atoms with Crippen molar-refractivity contribution in [1.82, 2.24) is 15.3 Å². The number of aryl methyl sites for hydroxylation is 1. The second-order valence-corrected chi connectivity index (χ2v) is 6.73. The molecule has 0 fully saturated rings. The number of nitrogens with zero attached hydrogens (tertiary/aromatic N) is 2. The summed E-state index contributed by atoms with van der Waals surface area (Å²) in [5, 5.41) is 3.91. The van der Waals surface area contributed by atoms with Gasteiger partial charge in [-0.2, -0.15) is 0 Å². The van der Waals surface area contributed by atoms with Gasteiger partial charge in [0.1, 0.15) is 0 Å². The highest BCUT2D eigenvalue weighted by Crippen LogP contribution is 2.24. The number of hydrogen-bond donors (Lipinski definition) is 1. The number of pyridine rings is 2. The molecule has 0 saturated carbocycles. The largest absolute Gasteiger partial charge is 0.352 e. The van der Waals surface area contributed by atoms with Crippen molar-refractivity contribution in [2.45, 2.75) is 27.2 Å². The van der Waals surface area contributed by atoms with Gasteiger partial charge in [-0.25, -0.2) is 4.98 Å². The summed E-state index contributed by atoms with van der Waals surface area (Å²) in [4.78, 5) is 21.8. The number of carbonyl (C=O) groups is 1. The number of fused-ring (bicyclic) bond motifs is 1. The van der Waals surface area contributed by atoms with Gasteiger partial charge in [0.05, 0.1) is 22.5 Å². The Bertz CT molecular complexity index is 888. The molecule has 0 aliphatic heterocycles. The summed E-state index contributed by atoms with van der Waals surface area (Å²) < 4.78 is 0. The van der Waals surface area contributed by atoms with Crippen molar-refractivity contribution in [3.8, 4) is 11.4 Å². The first-order valence-electron chi connectivity index (χ1n) is 8.65. The van der Waals surface area contributed by atoms with Crippen molar-refractivity contribution in [2.75, 3.05) is 6.54 Å². The molecular formula is C21H23N3O.